The second kappa shape index (κ2) is 12.5. The van der Waals surface area contributed by atoms with Gasteiger partial charge in [-0.05, 0) is 54.4 Å². The van der Waals surface area contributed by atoms with Crippen LogP contribution in [0.1, 0.15) is 81.5 Å². The molecule has 3 heterocycles. The lowest BCUT2D eigenvalue weighted by Crippen LogP contribution is -2.50. The lowest BCUT2D eigenvalue weighted by Gasteiger charge is -2.37. The lowest BCUT2D eigenvalue weighted by atomic mass is 9.87. The molecule has 3 aromatic rings. The van der Waals surface area contributed by atoms with Crippen molar-refractivity contribution < 1.29 is 9.59 Å². The minimum absolute atomic E-state index is 0.000346. The summed E-state index contributed by atoms with van der Waals surface area (Å²) in [6.45, 7) is 16.8. The van der Waals surface area contributed by atoms with Crippen LogP contribution >= 0.6 is 0 Å². The van der Waals surface area contributed by atoms with E-state index >= 15 is 0 Å². The first-order valence-electron chi connectivity index (χ1n) is 14.1. The van der Waals surface area contributed by atoms with Gasteiger partial charge < -0.3 is 15.2 Å². The fourth-order valence-electron chi connectivity index (χ4n) is 5.18. The Hall–Kier alpha value is -3.94. The third-order valence-corrected chi connectivity index (χ3v) is 7.39. The molecule has 1 aromatic carbocycles. The highest BCUT2D eigenvalue weighted by Crippen LogP contribution is 2.32. The van der Waals surface area contributed by atoms with E-state index in [1.807, 2.05) is 30.3 Å². The summed E-state index contributed by atoms with van der Waals surface area (Å²) in [5, 5.41) is 3.26. The van der Waals surface area contributed by atoms with Gasteiger partial charge in [-0.2, -0.15) is 0 Å². The van der Waals surface area contributed by atoms with Crippen LogP contribution in [0.25, 0.3) is 0 Å². The number of aromatic nitrogens is 3. The number of imidazole rings is 1. The van der Waals surface area contributed by atoms with Crippen molar-refractivity contribution in [3.63, 3.8) is 0 Å². The van der Waals surface area contributed by atoms with E-state index < -0.39 is 6.04 Å². The Morgan fingerprint density at radius 2 is 1.85 bits per heavy atom. The Balaban J connectivity index is 1.64. The number of H-pyrrole nitrogens is 1. The summed E-state index contributed by atoms with van der Waals surface area (Å²) in [7, 11) is 0. The van der Waals surface area contributed by atoms with Crippen LogP contribution in [0.3, 0.4) is 0 Å². The number of hydrogen-bond donors (Lipinski definition) is 2. The Morgan fingerprint density at radius 3 is 2.40 bits per heavy atom. The van der Waals surface area contributed by atoms with Gasteiger partial charge in [0.25, 0.3) is 5.91 Å². The molecule has 2 amide bonds. The number of allylic oxidation sites excluding steroid dienone is 1. The van der Waals surface area contributed by atoms with Crippen molar-refractivity contribution in [1.82, 2.24) is 25.2 Å². The number of pyridine rings is 1. The van der Waals surface area contributed by atoms with E-state index in [1.165, 1.54) is 11.2 Å². The summed E-state index contributed by atoms with van der Waals surface area (Å²) in [5.74, 6) is -0.0505. The molecule has 8 nitrogen and oxygen atoms in total. The average molecular weight is 543 g/mol. The molecule has 1 saturated heterocycles. The number of carbonyl (C=O) groups excluding carboxylic acids is 2. The van der Waals surface area contributed by atoms with Crippen molar-refractivity contribution in [2.75, 3.05) is 18.0 Å². The Morgan fingerprint density at radius 1 is 1.15 bits per heavy atom. The van der Waals surface area contributed by atoms with E-state index in [0.29, 0.717) is 17.2 Å². The van der Waals surface area contributed by atoms with Crippen LogP contribution in [0.4, 0.5) is 5.69 Å². The first-order chi connectivity index (χ1) is 19.0. The number of aromatic amines is 1. The highest BCUT2D eigenvalue weighted by atomic mass is 16.2. The zero-order valence-electron chi connectivity index (χ0n) is 24.4. The van der Waals surface area contributed by atoms with E-state index in [4.69, 9.17) is 0 Å². The average Bonchev–Trinajstić information content (AvgIpc) is 3.47. The molecule has 212 valence electrons. The van der Waals surface area contributed by atoms with Gasteiger partial charge >= 0.3 is 0 Å². The van der Waals surface area contributed by atoms with Gasteiger partial charge in [0.1, 0.15) is 11.7 Å². The number of anilines is 1. The fourth-order valence-corrected chi connectivity index (χ4v) is 5.18. The summed E-state index contributed by atoms with van der Waals surface area (Å²) in [6.07, 6.45) is 8.93. The smallest absolute Gasteiger partial charge is 0.279 e. The summed E-state index contributed by atoms with van der Waals surface area (Å²) < 4.78 is 0. The molecule has 2 N–H and O–H groups in total. The number of rotatable bonds is 9. The zero-order chi connectivity index (χ0) is 28.9. The van der Waals surface area contributed by atoms with Gasteiger partial charge in [0.05, 0.1) is 6.33 Å². The SMILES string of the molecule is C=C(CC(C)C)N1CCC(NC(=O)C(c2cccnc2)N(C(=O)c2c[nH]cn2)c2ccc(C(C)(C)C)cc2)CC1. The lowest BCUT2D eigenvalue weighted by molar-refractivity contribution is -0.123. The molecule has 0 aliphatic carbocycles. The summed E-state index contributed by atoms with van der Waals surface area (Å²) in [5.41, 5.74) is 3.72. The van der Waals surface area contributed by atoms with E-state index in [9.17, 15) is 9.59 Å². The molecule has 8 heteroatoms. The van der Waals surface area contributed by atoms with E-state index in [2.05, 4.69) is 66.4 Å². The summed E-state index contributed by atoms with van der Waals surface area (Å²) in [4.78, 5) is 43.2. The monoisotopic (exact) mass is 542 g/mol. The van der Waals surface area contributed by atoms with Crippen LogP contribution in [0.15, 0.2) is 73.6 Å². The molecule has 1 fully saturated rings. The van der Waals surface area contributed by atoms with Gasteiger partial charge in [-0.15, -0.1) is 0 Å². The maximum Gasteiger partial charge on any atom is 0.279 e. The number of likely N-dealkylation sites (tertiary alicyclic amines) is 1. The van der Waals surface area contributed by atoms with Crippen molar-refractivity contribution in [3.05, 3.63) is 90.4 Å². The second-order valence-corrected chi connectivity index (χ2v) is 12.0. The maximum atomic E-state index is 14.1. The first-order valence-corrected chi connectivity index (χ1v) is 14.1. The standard InChI is InChI=1S/C32H42N6O2/c1-22(2)18-23(3)37-16-13-26(14-17-37)36-30(39)29(24-8-7-15-33-19-24)38(31(40)28-20-34-21-35-28)27-11-9-25(10-12-27)32(4,5)6/h7-12,15,19-22,26,29H,3,13-14,16-18H2,1-2,4-6H3,(H,34,35)(H,36,39). The van der Waals surface area contributed by atoms with Crippen LogP contribution in [-0.4, -0.2) is 50.8 Å². The van der Waals surface area contributed by atoms with Gasteiger partial charge in [0.2, 0.25) is 5.91 Å². The molecular weight excluding hydrogens is 500 g/mol. The molecule has 0 radical (unpaired) electrons. The van der Waals surface area contributed by atoms with E-state index in [1.54, 1.807) is 24.7 Å². The molecule has 0 saturated carbocycles. The Bertz CT molecular complexity index is 1270. The molecular formula is C32H42N6O2. The van der Waals surface area contributed by atoms with E-state index in [-0.39, 0.29) is 29.0 Å². The normalized spacial score (nSPS) is 15.1. The number of piperidine rings is 1. The van der Waals surface area contributed by atoms with Gasteiger partial charge in [-0.25, -0.2) is 4.98 Å². The summed E-state index contributed by atoms with van der Waals surface area (Å²) in [6, 6.07) is 10.5. The van der Waals surface area contributed by atoms with Crippen molar-refractivity contribution in [2.45, 2.75) is 71.4 Å². The number of carbonyl (C=O) groups is 2. The third-order valence-electron chi connectivity index (χ3n) is 7.39. The molecule has 1 aliphatic rings. The van der Waals surface area contributed by atoms with Gasteiger partial charge in [-0.1, -0.05) is 59.4 Å². The first kappa shape index (κ1) is 29.1. The molecule has 1 atom stereocenters. The second-order valence-electron chi connectivity index (χ2n) is 12.0. The highest BCUT2D eigenvalue weighted by Gasteiger charge is 2.36. The predicted molar refractivity (Wildman–Crippen MR) is 159 cm³/mol. The van der Waals surface area contributed by atoms with Crippen LogP contribution in [-0.2, 0) is 10.2 Å². The maximum absolute atomic E-state index is 14.1. The van der Waals surface area contributed by atoms with Crippen LogP contribution in [0.2, 0.25) is 0 Å². The largest absolute Gasteiger partial charge is 0.375 e. The molecule has 1 aliphatic heterocycles. The molecule has 1 unspecified atom stereocenters. The van der Waals surface area contributed by atoms with E-state index in [0.717, 1.165) is 43.6 Å². The Labute approximate surface area is 237 Å². The zero-order valence-corrected chi connectivity index (χ0v) is 24.4. The fraction of sp³-hybridized carbons (Fsp3) is 0.438. The van der Waals surface area contributed by atoms with Crippen molar-refractivity contribution in [2.24, 2.45) is 5.92 Å². The summed E-state index contributed by atoms with van der Waals surface area (Å²) >= 11 is 0. The Kier molecular flexibility index (Phi) is 9.07. The molecule has 0 bridgehead atoms. The topological polar surface area (TPSA) is 94.2 Å². The molecule has 40 heavy (non-hydrogen) atoms. The van der Waals surface area contributed by atoms with Crippen LogP contribution < -0.4 is 10.2 Å². The number of amides is 2. The van der Waals surface area contributed by atoms with Gasteiger partial charge in [0.15, 0.2) is 0 Å². The van der Waals surface area contributed by atoms with Crippen molar-refractivity contribution in [1.29, 1.82) is 0 Å². The number of benzene rings is 1. The number of nitrogens with one attached hydrogen (secondary N) is 2. The van der Waals surface area contributed by atoms with Crippen LogP contribution in [0, 0.1) is 5.92 Å². The van der Waals surface area contributed by atoms with Gasteiger partial charge in [0, 0.05) is 54.7 Å². The predicted octanol–water partition coefficient (Wildman–Crippen LogP) is 5.63. The molecule has 4 rings (SSSR count). The van der Waals surface area contributed by atoms with Crippen molar-refractivity contribution in [3.8, 4) is 0 Å². The number of hydrogen-bond acceptors (Lipinski definition) is 5. The number of nitrogens with zero attached hydrogens (tertiary/aromatic N) is 4. The quantitative estimate of drug-likeness (QED) is 0.365. The molecule has 2 aromatic heterocycles. The van der Waals surface area contributed by atoms with Crippen LogP contribution in [0.5, 0.6) is 0 Å². The highest BCUT2D eigenvalue weighted by molar-refractivity contribution is 6.09. The molecule has 0 spiro atoms. The van der Waals surface area contributed by atoms with Crippen molar-refractivity contribution >= 4 is 17.5 Å². The van der Waals surface area contributed by atoms with Gasteiger partial charge in [-0.3, -0.25) is 19.5 Å². The minimum atomic E-state index is -0.924. The minimum Gasteiger partial charge on any atom is -0.375 e. The third kappa shape index (κ3) is 6.97.